The van der Waals surface area contributed by atoms with Crippen LogP contribution in [-0.4, -0.2) is 37.0 Å². The number of carbonyl (C=O) groups excluding carboxylic acids is 3. The highest BCUT2D eigenvalue weighted by Crippen LogP contribution is 2.28. The number of esters is 1. The van der Waals surface area contributed by atoms with Crippen LogP contribution in [0.5, 0.6) is 11.5 Å². The molecular weight excluding hydrogens is 456 g/mol. The molecule has 7 nitrogen and oxygen atoms in total. The van der Waals surface area contributed by atoms with Crippen molar-refractivity contribution in [2.45, 2.75) is 76.3 Å². The molecule has 0 radical (unpaired) electrons. The monoisotopic (exact) mass is 492 g/mol. The van der Waals surface area contributed by atoms with Crippen molar-refractivity contribution in [1.82, 2.24) is 10.6 Å². The molecule has 36 heavy (non-hydrogen) atoms. The highest BCUT2D eigenvalue weighted by molar-refractivity contribution is 5.91. The second-order valence-electron chi connectivity index (χ2n) is 9.83. The first kappa shape index (κ1) is 25.7. The van der Waals surface area contributed by atoms with Crippen molar-refractivity contribution in [3.63, 3.8) is 0 Å². The Kier molecular flexibility index (Phi) is 8.98. The summed E-state index contributed by atoms with van der Waals surface area (Å²) in [5.74, 6) is 0.468. The molecule has 192 valence electrons. The molecular formula is C29H36N2O5. The van der Waals surface area contributed by atoms with Crippen LogP contribution in [0.25, 0.3) is 0 Å². The van der Waals surface area contributed by atoms with Crippen LogP contribution in [-0.2, 0) is 32.0 Å². The Balaban J connectivity index is 1.61. The summed E-state index contributed by atoms with van der Waals surface area (Å²) in [5.41, 5.74) is 2.02. The van der Waals surface area contributed by atoms with Crippen LogP contribution in [0.1, 0.15) is 62.5 Å². The summed E-state index contributed by atoms with van der Waals surface area (Å²) in [4.78, 5) is 38.9. The van der Waals surface area contributed by atoms with E-state index in [1.165, 1.54) is 12.7 Å². The highest BCUT2D eigenvalue weighted by atomic mass is 16.5. The molecule has 0 aromatic heterocycles. The van der Waals surface area contributed by atoms with Crippen LogP contribution in [0.15, 0.2) is 48.5 Å². The Labute approximate surface area is 212 Å². The second-order valence-corrected chi connectivity index (χ2v) is 9.83. The maximum Gasteiger partial charge on any atom is 0.328 e. The number of hydrogen-bond donors (Lipinski definition) is 2. The minimum absolute atomic E-state index is 0.0603. The quantitative estimate of drug-likeness (QED) is 0.604. The minimum Gasteiger partial charge on any atom is -0.467 e. The van der Waals surface area contributed by atoms with E-state index in [0.29, 0.717) is 12.2 Å². The van der Waals surface area contributed by atoms with Gasteiger partial charge in [-0.2, -0.15) is 0 Å². The molecule has 2 amide bonds. The van der Waals surface area contributed by atoms with E-state index in [-0.39, 0.29) is 24.2 Å². The van der Waals surface area contributed by atoms with Crippen LogP contribution in [0.2, 0.25) is 0 Å². The van der Waals surface area contributed by atoms with Crippen molar-refractivity contribution in [1.29, 1.82) is 0 Å². The van der Waals surface area contributed by atoms with E-state index in [2.05, 4.69) is 10.6 Å². The van der Waals surface area contributed by atoms with Gasteiger partial charge in [-0.15, -0.1) is 0 Å². The molecule has 2 aromatic carbocycles. The molecule has 7 heteroatoms. The van der Waals surface area contributed by atoms with Gasteiger partial charge in [0.15, 0.2) is 0 Å². The molecule has 2 heterocycles. The summed E-state index contributed by atoms with van der Waals surface area (Å²) >= 11 is 0. The zero-order valence-electron chi connectivity index (χ0n) is 21.0. The van der Waals surface area contributed by atoms with Crippen molar-refractivity contribution < 1.29 is 23.9 Å². The van der Waals surface area contributed by atoms with E-state index in [1.807, 2.05) is 48.5 Å². The smallest absolute Gasteiger partial charge is 0.328 e. The predicted molar refractivity (Wildman–Crippen MR) is 137 cm³/mol. The molecule has 0 spiro atoms. The van der Waals surface area contributed by atoms with Gasteiger partial charge in [0.05, 0.1) is 7.11 Å². The lowest BCUT2D eigenvalue weighted by Crippen LogP contribution is -2.55. The number of hydrogen-bond acceptors (Lipinski definition) is 5. The zero-order valence-corrected chi connectivity index (χ0v) is 21.0. The van der Waals surface area contributed by atoms with Gasteiger partial charge in [-0.25, -0.2) is 4.79 Å². The van der Waals surface area contributed by atoms with Gasteiger partial charge in [0.2, 0.25) is 11.8 Å². The summed E-state index contributed by atoms with van der Waals surface area (Å²) in [6.45, 7) is 0. The average Bonchev–Trinajstić information content (AvgIpc) is 2.90. The van der Waals surface area contributed by atoms with Crippen LogP contribution in [0.4, 0.5) is 0 Å². The van der Waals surface area contributed by atoms with Gasteiger partial charge >= 0.3 is 5.97 Å². The summed E-state index contributed by atoms with van der Waals surface area (Å²) in [5, 5.41) is 5.89. The maximum atomic E-state index is 13.5. The van der Waals surface area contributed by atoms with Crippen molar-refractivity contribution in [2.75, 3.05) is 7.11 Å². The van der Waals surface area contributed by atoms with Crippen LogP contribution in [0.3, 0.4) is 0 Å². The molecule has 1 saturated carbocycles. The molecule has 2 N–H and O–H groups in total. The lowest BCUT2D eigenvalue weighted by molar-refractivity contribution is -0.145. The number of ether oxygens (including phenoxy) is 2. The molecule has 0 saturated heterocycles. The maximum absolute atomic E-state index is 13.5. The fraction of sp³-hybridized carbons (Fsp3) is 0.483. The van der Waals surface area contributed by atoms with Gasteiger partial charge in [0, 0.05) is 12.8 Å². The van der Waals surface area contributed by atoms with E-state index in [9.17, 15) is 14.4 Å². The molecule has 2 aliphatic heterocycles. The number of benzene rings is 2. The predicted octanol–water partition coefficient (Wildman–Crippen LogP) is 4.47. The van der Waals surface area contributed by atoms with Gasteiger partial charge in [-0.3, -0.25) is 9.59 Å². The fourth-order valence-electron chi connectivity index (χ4n) is 5.15. The first-order chi connectivity index (χ1) is 17.5. The van der Waals surface area contributed by atoms with E-state index < -0.39 is 18.1 Å². The van der Waals surface area contributed by atoms with Crippen molar-refractivity contribution in [3.8, 4) is 11.5 Å². The van der Waals surface area contributed by atoms with E-state index in [0.717, 1.165) is 62.7 Å². The third-order valence-electron chi connectivity index (χ3n) is 7.14. The first-order valence-corrected chi connectivity index (χ1v) is 13.0. The Morgan fingerprint density at radius 2 is 1.61 bits per heavy atom. The topological polar surface area (TPSA) is 93.7 Å². The van der Waals surface area contributed by atoms with E-state index >= 15 is 0 Å². The lowest BCUT2D eigenvalue weighted by atomic mass is 9.83. The zero-order chi connectivity index (χ0) is 25.3. The van der Waals surface area contributed by atoms with Crippen LogP contribution in [0, 0.1) is 5.92 Å². The largest absolute Gasteiger partial charge is 0.467 e. The van der Waals surface area contributed by atoms with Crippen molar-refractivity contribution >= 4 is 17.8 Å². The summed E-state index contributed by atoms with van der Waals surface area (Å²) in [7, 11) is 1.31. The lowest BCUT2D eigenvalue weighted by Gasteiger charge is -2.31. The number of amides is 2. The highest BCUT2D eigenvalue weighted by Gasteiger charge is 2.33. The number of fused-ring (bicyclic) bond motifs is 12. The Morgan fingerprint density at radius 1 is 0.861 bits per heavy atom. The third kappa shape index (κ3) is 7.09. The van der Waals surface area contributed by atoms with Gasteiger partial charge in [0.1, 0.15) is 23.6 Å². The van der Waals surface area contributed by atoms with Gasteiger partial charge in [-0.05, 0) is 73.4 Å². The average molecular weight is 493 g/mol. The number of methoxy groups -OCH3 is 1. The standard InChI is InChI=1S/C29H36N2O5/c1-35-29(34)25-19-21-9-7-12-24(18-21)36-23-16-14-20(15-17-23)8-5-6-13-26(32)31-27(28(33)30-25)22-10-3-2-4-11-22/h7,9,12,14-18,22,25,27H,2-6,8,10-11,13,19H2,1H3,(H,30,33)(H,31,32)/t25-,27+/m0/s1. The molecule has 5 rings (SSSR count). The van der Waals surface area contributed by atoms with Crippen molar-refractivity contribution in [2.24, 2.45) is 5.92 Å². The molecule has 2 aromatic rings. The minimum atomic E-state index is -0.873. The normalized spacial score (nSPS) is 22.2. The van der Waals surface area contributed by atoms with E-state index in [4.69, 9.17) is 9.47 Å². The number of carbonyl (C=O) groups is 3. The first-order valence-electron chi connectivity index (χ1n) is 13.0. The molecule has 1 fully saturated rings. The number of rotatable bonds is 2. The van der Waals surface area contributed by atoms with Crippen LogP contribution < -0.4 is 15.4 Å². The van der Waals surface area contributed by atoms with Gasteiger partial charge in [-0.1, -0.05) is 43.5 Å². The second kappa shape index (κ2) is 12.6. The van der Waals surface area contributed by atoms with Crippen LogP contribution >= 0.6 is 0 Å². The third-order valence-corrected chi connectivity index (χ3v) is 7.14. The van der Waals surface area contributed by atoms with Gasteiger partial charge < -0.3 is 20.1 Å². The Bertz CT molecular complexity index is 1050. The van der Waals surface area contributed by atoms with E-state index in [1.54, 1.807) is 0 Å². The Hall–Kier alpha value is -3.35. The van der Waals surface area contributed by atoms with Gasteiger partial charge in [0.25, 0.3) is 0 Å². The summed E-state index contributed by atoms with van der Waals surface area (Å²) in [6.07, 6.45) is 8.09. The number of aryl methyl sites for hydroxylation is 1. The fourth-order valence-corrected chi connectivity index (χ4v) is 5.15. The molecule has 2 atom stereocenters. The van der Waals surface area contributed by atoms with Crippen molar-refractivity contribution in [3.05, 3.63) is 59.7 Å². The summed E-state index contributed by atoms with van der Waals surface area (Å²) in [6, 6.07) is 13.9. The Morgan fingerprint density at radius 3 is 2.36 bits per heavy atom. The molecule has 3 aliphatic rings. The molecule has 4 bridgehead atoms. The summed E-state index contributed by atoms with van der Waals surface area (Å²) < 4.78 is 11.0. The SMILES string of the molecule is COC(=O)[C@@H]1Cc2cccc(c2)Oc2ccc(cc2)CCCCC(=O)N[C@H](C2CCCCC2)C(=O)N1. The molecule has 0 unspecified atom stereocenters. The number of nitrogens with one attached hydrogen (secondary N) is 2. The molecule has 1 aliphatic carbocycles.